The molecule has 164 valence electrons. The molecule has 0 saturated carbocycles. The molecule has 0 spiro atoms. The highest BCUT2D eigenvalue weighted by molar-refractivity contribution is 5.96. The van der Waals surface area contributed by atoms with Gasteiger partial charge in [0.15, 0.2) is 0 Å². The van der Waals surface area contributed by atoms with E-state index in [2.05, 4.69) is 65.4 Å². The first kappa shape index (κ1) is 20.7. The van der Waals surface area contributed by atoms with Gasteiger partial charge in [0, 0.05) is 17.3 Å². The van der Waals surface area contributed by atoms with Crippen LogP contribution in [0.1, 0.15) is 0 Å². The minimum atomic E-state index is 0.840. The van der Waals surface area contributed by atoms with E-state index < -0.39 is 0 Å². The molecule has 0 bridgehead atoms. The molecule has 4 aromatic carbocycles. The molecule has 0 aliphatic carbocycles. The summed E-state index contributed by atoms with van der Waals surface area (Å²) < 4.78 is 18.3. The summed E-state index contributed by atoms with van der Waals surface area (Å²) >= 11 is 0. The lowest BCUT2D eigenvalue weighted by Gasteiger charge is -2.14. The zero-order valence-electron chi connectivity index (χ0n) is 18.9. The third kappa shape index (κ3) is 3.92. The molecule has 1 aromatic heterocycles. The van der Waals surface area contributed by atoms with Crippen molar-refractivity contribution < 1.29 is 14.2 Å². The molecule has 0 unspecified atom stereocenters. The summed E-state index contributed by atoms with van der Waals surface area (Å²) in [6.07, 6.45) is 2.11. The Morgan fingerprint density at radius 1 is 0.515 bits per heavy atom. The van der Waals surface area contributed by atoms with Crippen LogP contribution in [0, 0.1) is 0 Å². The Labute approximate surface area is 193 Å². The van der Waals surface area contributed by atoms with Crippen LogP contribution in [0.3, 0.4) is 0 Å². The lowest BCUT2D eigenvalue weighted by Crippen LogP contribution is -1.94. The van der Waals surface area contributed by atoms with Crippen molar-refractivity contribution >= 4 is 10.9 Å². The maximum absolute atomic E-state index is 5.37. The molecule has 0 N–H and O–H groups in total. The lowest BCUT2D eigenvalue weighted by molar-refractivity contribution is 0.414. The third-order valence-electron chi connectivity index (χ3n) is 5.98. The molecule has 0 atom stereocenters. The maximum Gasteiger partial charge on any atom is 0.119 e. The maximum atomic E-state index is 5.37. The van der Waals surface area contributed by atoms with Crippen molar-refractivity contribution in [3.63, 3.8) is 0 Å². The van der Waals surface area contributed by atoms with Gasteiger partial charge in [-0.15, -0.1) is 0 Å². The van der Waals surface area contributed by atoms with Crippen LogP contribution < -0.4 is 14.2 Å². The van der Waals surface area contributed by atoms with Gasteiger partial charge in [0.1, 0.15) is 17.2 Å². The Kier molecular flexibility index (Phi) is 5.49. The monoisotopic (exact) mass is 435 g/mol. The number of fused-ring (bicyclic) bond motifs is 1. The van der Waals surface area contributed by atoms with Gasteiger partial charge in [-0.2, -0.15) is 0 Å². The van der Waals surface area contributed by atoms with Gasteiger partial charge in [-0.25, -0.2) is 0 Å². The highest BCUT2D eigenvalue weighted by atomic mass is 16.5. The standard InChI is InChI=1S/C29H25NO3/c1-31-24-10-4-20(5-11-24)27-18-22-16-17-30(23-8-14-26(33-3)15-9-23)29(22)19-28(27)21-6-12-25(32-2)13-7-21/h4-19H,1-3H3. The Balaban J connectivity index is 1.70. The lowest BCUT2D eigenvalue weighted by atomic mass is 9.93. The van der Waals surface area contributed by atoms with E-state index in [0.29, 0.717) is 0 Å². The first-order valence-corrected chi connectivity index (χ1v) is 10.8. The summed E-state index contributed by atoms with van der Waals surface area (Å²) in [7, 11) is 5.05. The number of hydrogen-bond donors (Lipinski definition) is 0. The van der Waals surface area contributed by atoms with Gasteiger partial charge < -0.3 is 18.8 Å². The molecular weight excluding hydrogens is 410 g/mol. The summed E-state index contributed by atoms with van der Waals surface area (Å²) in [6, 6.07) is 31.2. The molecule has 0 fully saturated rings. The molecule has 0 saturated heterocycles. The van der Waals surface area contributed by atoms with Crippen LogP contribution in [-0.4, -0.2) is 25.9 Å². The van der Waals surface area contributed by atoms with Gasteiger partial charge in [0.05, 0.1) is 26.8 Å². The van der Waals surface area contributed by atoms with E-state index in [4.69, 9.17) is 14.2 Å². The molecule has 4 nitrogen and oxygen atoms in total. The van der Waals surface area contributed by atoms with Crippen molar-refractivity contribution in [2.45, 2.75) is 0 Å². The Bertz CT molecular complexity index is 1380. The zero-order chi connectivity index (χ0) is 22.8. The molecule has 0 radical (unpaired) electrons. The SMILES string of the molecule is COc1ccc(-c2cc3ccn(-c4ccc(OC)cc4)c3cc2-c2ccc(OC)cc2)cc1. The van der Waals surface area contributed by atoms with E-state index in [9.17, 15) is 0 Å². The minimum Gasteiger partial charge on any atom is -0.497 e. The van der Waals surface area contributed by atoms with Crippen molar-refractivity contribution in [3.8, 4) is 45.2 Å². The van der Waals surface area contributed by atoms with Crippen LogP contribution in [0.4, 0.5) is 0 Å². The van der Waals surface area contributed by atoms with Gasteiger partial charge >= 0.3 is 0 Å². The van der Waals surface area contributed by atoms with E-state index in [1.165, 1.54) is 10.9 Å². The second-order valence-electron chi connectivity index (χ2n) is 7.80. The topological polar surface area (TPSA) is 32.6 Å². The van der Waals surface area contributed by atoms with E-state index in [-0.39, 0.29) is 0 Å². The minimum absolute atomic E-state index is 0.840. The van der Waals surface area contributed by atoms with Crippen molar-refractivity contribution in [2.24, 2.45) is 0 Å². The van der Waals surface area contributed by atoms with Gasteiger partial charge in [-0.1, -0.05) is 24.3 Å². The van der Waals surface area contributed by atoms with E-state index in [0.717, 1.165) is 45.1 Å². The number of benzene rings is 4. The first-order valence-electron chi connectivity index (χ1n) is 10.8. The molecule has 5 rings (SSSR count). The van der Waals surface area contributed by atoms with Gasteiger partial charge in [-0.3, -0.25) is 0 Å². The number of hydrogen-bond acceptors (Lipinski definition) is 3. The summed E-state index contributed by atoms with van der Waals surface area (Å²) in [6.45, 7) is 0. The van der Waals surface area contributed by atoms with E-state index in [1.807, 2.05) is 36.4 Å². The van der Waals surface area contributed by atoms with E-state index in [1.54, 1.807) is 21.3 Å². The highest BCUT2D eigenvalue weighted by Gasteiger charge is 2.13. The molecule has 0 amide bonds. The van der Waals surface area contributed by atoms with Crippen molar-refractivity contribution in [2.75, 3.05) is 21.3 Å². The third-order valence-corrected chi connectivity index (χ3v) is 5.98. The predicted molar refractivity (Wildman–Crippen MR) is 134 cm³/mol. The van der Waals surface area contributed by atoms with Crippen LogP contribution in [0.25, 0.3) is 38.8 Å². The van der Waals surface area contributed by atoms with Crippen molar-refractivity contribution in [1.82, 2.24) is 4.57 Å². The summed E-state index contributed by atoms with van der Waals surface area (Å²) in [5.74, 6) is 2.53. The fraction of sp³-hybridized carbons (Fsp3) is 0.103. The van der Waals surface area contributed by atoms with Crippen LogP contribution >= 0.6 is 0 Å². The number of methoxy groups -OCH3 is 3. The quantitative estimate of drug-likeness (QED) is 0.288. The number of nitrogens with zero attached hydrogens (tertiary/aromatic N) is 1. The fourth-order valence-corrected chi connectivity index (χ4v) is 4.17. The van der Waals surface area contributed by atoms with Gasteiger partial charge in [0.25, 0.3) is 0 Å². The Morgan fingerprint density at radius 2 is 0.970 bits per heavy atom. The molecular formula is C29H25NO3. The summed E-state index contributed by atoms with van der Waals surface area (Å²) in [5, 5.41) is 1.17. The first-order chi connectivity index (χ1) is 16.2. The number of rotatable bonds is 6. The van der Waals surface area contributed by atoms with Crippen LogP contribution in [0.15, 0.2) is 97.2 Å². The van der Waals surface area contributed by atoms with Crippen molar-refractivity contribution in [3.05, 3.63) is 97.2 Å². The van der Waals surface area contributed by atoms with Gasteiger partial charge in [-0.05, 0) is 89.0 Å². The average Bonchev–Trinajstić information content (AvgIpc) is 3.31. The molecule has 5 aromatic rings. The predicted octanol–water partition coefficient (Wildman–Crippen LogP) is 6.99. The Hall–Kier alpha value is -4.18. The molecule has 4 heteroatoms. The summed E-state index contributed by atoms with van der Waals surface area (Å²) in [5.41, 5.74) is 6.82. The molecule has 0 aliphatic heterocycles. The second kappa shape index (κ2) is 8.75. The highest BCUT2D eigenvalue weighted by Crippen LogP contribution is 2.38. The summed E-state index contributed by atoms with van der Waals surface area (Å²) in [4.78, 5) is 0. The van der Waals surface area contributed by atoms with Gasteiger partial charge in [0.2, 0.25) is 0 Å². The van der Waals surface area contributed by atoms with Crippen LogP contribution in [-0.2, 0) is 0 Å². The molecule has 0 aliphatic rings. The zero-order valence-corrected chi connectivity index (χ0v) is 18.9. The fourth-order valence-electron chi connectivity index (χ4n) is 4.17. The second-order valence-corrected chi connectivity index (χ2v) is 7.80. The smallest absolute Gasteiger partial charge is 0.119 e. The number of aromatic nitrogens is 1. The molecule has 1 heterocycles. The Morgan fingerprint density at radius 3 is 1.45 bits per heavy atom. The van der Waals surface area contributed by atoms with Crippen molar-refractivity contribution in [1.29, 1.82) is 0 Å². The normalized spacial score (nSPS) is 10.9. The van der Waals surface area contributed by atoms with Crippen LogP contribution in [0.2, 0.25) is 0 Å². The largest absolute Gasteiger partial charge is 0.497 e. The van der Waals surface area contributed by atoms with E-state index >= 15 is 0 Å². The number of ether oxygens (including phenoxy) is 3. The van der Waals surface area contributed by atoms with Crippen LogP contribution in [0.5, 0.6) is 17.2 Å². The average molecular weight is 436 g/mol. The molecule has 33 heavy (non-hydrogen) atoms.